The molecule has 0 saturated carbocycles. The SMILES string of the molecule is C=CCC1CCC2C3=CNCC=C3N3C2=C1CC=C1C=CCCC13. The van der Waals surface area contributed by atoms with Crippen molar-refractivity contribution >= 4 is 0 Å². The first kappa shape index (κ1) is 14.4. The molecule has 1 saturated heterocycles. The number of nitrogens with zero attached hydrogens (tertiary/aromatic N) is 1. The lowest BCUT2D eigenvalue weighted by atomic mass is 9.76. The maximum Gasteiger partial charge on any atom is 0.0588 e. The summed E-state index contributed by atoms with van der Waals surface area (Å²) in [5.41, 5.74) is 7.92. The summed E-state index contributed by atoms with van der Waals surface area (Å²) in [6, 6.07) is 0.544. The van der Waals surface area contributed by atoms with Gasteiger partial charge in [0.15, 0.2) is 0 Å². The van der Waals surface area contributed by atoms with Gasteiger partial charge in [-0.3, -0.25) is 0 Å². The van der Waals surface area contributed by atoms with Crippen LogP contribution in [0.4, 0.5) is 0 Å². The molecule has 2 nitrogen and oxygen atoms in total. The quantitative estimate of drug-likeness (QED) is 0.750. The number of hydrogen-bond donors (Lipinski definition) is 1. The van der Waals surface area contributed by atoms with E-state index in [-0.39, 0.29) is 0 Å². The summed E-state index contributed by atoms with van der Waals surface area (Å²) in [5, 5.41) is 3.46. The monoisotopic (exact) mass is 318 g/mol. The molecule has 0 spiro atoms. The molecule has 3 unspecified atom stereocenters. The van der Waals surface area contributed by atoms with E-state index in [1.165, 1.54) is 37.0 Å². The minimum atomic E-state index is 0.544. The van der Waals surface area contributed by atoms with Crippen LogP contribution in [0.2, 0.25) is 0 Å². The minimum Gasteiger partial charge on any atom is -0.387 e. The Morgan fingerprint density at radius 3 is 3.12 bits per heavy atom. The predicted molar refractivity (Wildman–Crippen MR) is 98.9 cm³/mol. The number of hydrogen-bond acceptors (Lipinski definition) is 2. The Bertz CT molecular complexity index is 731. The Labute approximate surface area is 145 Å². The molecule has 0 aromatic heterocycles. The first-order chi connectivity index (χ1) is 11.9. The molecule has 124 valence electrons. The Kier molecular flexibility index (Phi) is 3.32. The van der Waals surface area contributed by atoms with Crippen LogP contribution in [0.5, 0.6) is 0 Å². The van der Waals surface area contributed by atoms with Gasteiger partial charge in [-0.2, -0.15) is 0 Å². The van der Waals surface area contributed by atoms with Gasteiger partial charge in [-0.1, -0.05) is 24.3 Å². The maximum atomic E-state index is 4.02. The molecule has 5 rings (SSSR count). The van der Waals surface area contributed by atoms with Gasteiger partial charge in [-0.25, -0.2) is 0 Å². The third-order valence-electron chi connectivity index (χ3n) is 6.44. The fraction of sp³-hybridized carbons (Fsp3) is 0.455. The largest absolute Gasteiger partial charge is 0.387 e. The van der Waals surface area contributed by atoms with E-state index < -0.39 is 0 Å². The molecule has 1 fully saturated rings. The third kappa shape index (κ3) is 1.95. The molecule has 0 amide bonds. The molecule has 5 aliphatic rings. The molecule has 3 atom stereocenters. The summed E-state index contributed by atoms with van der Waals surface area (Å²) in [6.45, 7) is 4.98. The van der Waals surface area contributed by atoms with Crippen LogP contribution in [0.15, 0.2) is 71.3 Å². The topological polar surface area (TPSA) is 15.3 Å². The van der Waals surface area contributed by atoms with Crippen molar-refractivity contribution < 1.29 is 0 Å². The summed E-state index contributed by atoms with van der Waals surface area (Å²) in [6.07, 6.45) is 21.4. The van der Waals surface area contributed by atoms with E-state index in [2.05, 4.69) is 53.4 Å². The Morgan fingerprint density at radius 2 is 2.21 bits per heavy atom. The number of dihydropyridines is 1. The van der Waals surface area contributed by atoms with Crippen molar-refractivity contribution in [2.75, 3.05) is 6.54 Å². The van der Waals surface area contributed by atoms with Gasteiger partial charge >= 0.3 is 0 Å². The zero-order valence-corrected chi connectivity index (χ0v) is 14.3. The van der Waals surface area contributed by atoms with Gasteiger partial charge in [0.2, 0.25) is 0 Å². The van der Waals surface area contributed by atoms with Gasteiger partial charge in [0.05, 0.1) is 6.04 Å². The second-order valence-corrected chi connectivity index (χ2v) is 7.63. The Hall–Kier alpha value is -1.96. The van der Waals surface area contributed by atoms with Crippen LogP contribution >= 0.6 is 0 Å². The van der Waals surface area contributed by atoms with Crippen LogP contribution < -0.4 is 5.32 Å². The molecule has 0 aromatic rings. The van der Waals surface area contributed by atoms with E-state index in [4.69, 9.17) is 0 Å². The first-order valence-corrected chi connectivity index (χ1v) is 9.52. The van der Waals surface area contributed by atoms with Crippen LogP contribution in [0.3, 0.4) is 0 Å². The molecular weight excluding hydrogens is 292 g/mol. The molecule has 2 heteroatoms. The number of allylic oxidation sites excluding steroid dienone is 6. The Morgan fingerprint density at radius 1 is 1.25 bits per heavy atom. The maximum absolute atomic E-state index is 4.02. The van der Waals surface area contributed by atoms with Crippen LogP contribution in [-0.4, -0.2) is 17.5 Å². The summed E-state index contributed by atoms with van der Waals surface area (Å²) < 4.78 is 0. The lowest BCUT2D eigenvalue weighted by Gasteiger charge is -2.37. The van der Waals surface area contributed by atoms with Crippen LogP contribution in [0.25, 0.3) is 0 Å². The van der Waals surface area contributed by atoms with E-state index in [0.717, 1.165) is 19.4 Å². The molecular formula is C22H26N2. The van der Waals surface area contributed by atoms with Gasteiger partial charge in [0.1, 0.15) is 0 Å². The summed E-state index contributed by atoms with van der Waals surface area (Å²) >= 11 is 0. The number of rotatable bonds is 2. The average molecular weight is 318 g/mol. The fourth-order valence-electron chi connectivity index (χ4n) is 5.43. The smallest absolute Gasteiger partial charge is 0.0588 e. The van der Waals surface area contributed by atoms with Gasteiger partial charge in [-0.05, 0) is 61.7 Å². The molecule has 3 heterocycles. The lowest BCUT2D eigenvalue weighted by molar-refractivity contribution is 0.320. The highest BCUT2D eigenvalue weighted by Crippen LogP contribution is 2.54. The second-order valence-electron chi connectivity index (χ2n) is 7.63. The molecule has 1 N–H and O–H groups in total. The second kappa shape index (κ2) is 5.54. The summed E-state index contributed by atoms with van der Waals surface area (Å²) in [4.78, 5) is 2.74. The zero-order valence-electron chi connectivity index (χ0n) is 14.3. The number of nitrogens with one attached hydrogen (secondary N) is 1. The Balaban J connectivity index is 1.70. The van der Waals surface area contributed by atoms with Crippen molar-refractivity contribution in [3.8, 4) is 0 Å². The van der Waals surface area contributed by atoms with Crippen molar-refractivity contribution in [3.05, 3.63) is 71.3 Å². The van der Waals surface area contributed by atoms with Crippen LogP contribution in [0, 0.1) is 11.8 Å². The van der Waals surface area contributed by atoms with Gasteiger partial charge in [-0.15, -0.1) is 6.58 Å². The van der Waals surface area contributed by atoms with Crippen LogP contribution in [-0.2, 0) is 0 Å². The highest BCUT2D eigenvalue weighted by Gasteiger charge is 2.46. The van der Waals surface area contributed by atoms with Crippen molar-refractivity contribution in [3.63, 3.8) is 0 Å². The van der Waals surface area contributed by atoms with E-state index >= 15 is 0 Å². The van der Waals surface area contributed by atoms with Crippen molar-refractivity contribution in [1.29, 1.82) is 0 Å². The molecule has 0 aromatic carbocycles. The van der Waals surface area contributed by atoms with E-state index in [9.17, 15) is 0 Å². The van der Waals surface area contributed by atoms with Crippen molar-refractivity contribution in [1.82, 2.24) is 10.2 Å². The fourth-order valence-corrected chi connectivity index (χ4v) is 5.43. The van der Waals surface area contributed by atoms with Crippen molar-refractivity contribution in [2.45, 2.75) is 44.6 Å². The molecule has 2 aliphatic carbocycles. The highest BCUT2D eigenvalue weighted by atomic mass is 15.2. The lowest BCUT2D eigenvalue weighted by Crippen LogP contribution is -2.35. The third-order valence-corrected chi connectivity index (χ3v) is 6.44. The predicted octanol–water partition coefficient (Wildman–Crippen LogP) is 4.58. The van der Waals surface area contributed by atoms with Crippen molar-refractivity contribution in [2.24, 2.45) is 11.8 Å². The molecule has 24 heavy (non-hydrogen) atoms. The zero-order chi connectivity index (χ0) is 16.1. The minimum absolute atomic E-state index is 0.544. The van der Waals surface area contributed by atoms with E-state index in [0.29, 0.717) is 17.9 Å². The molecule has 0 bridgehead atoms. The van der Waals surface area contributed by atoms with Gasteiger partial charge < -0.3 is 10.2 Å². The van der Waals surface area contributed by atoms with E-state index in [1.54, 1.807) is 16.8 Å². The summed E-state index contributed by atoms with van der Waals surface area (Å²) in [7, 11) is 0. The first-order valence-electron chi connectivity index (χ1n) is 9.52. The van der Waals surface area contributed by atoms with Crippen LogP contribution in [0.1, 0.15) is 38.5 Å². The highest BCUT2D eigenvalue weighted by molar-refractivity contribution is 5.54. The standard InChI is InChI=1S/C22H26N2/c1-2-5-15-8-11-18-19-14-23-13-12-21(19)24-20-7-4-3-6-16(20)9-10-17(15)22(18)24/h2-3,6,9,12,14-15,18,20,23H,1,4-5,7-8,10-11,13H2. The normalized spacial score (nSPS) is 33.4. The molecule has 3 aliphatic heterocycles. The van der Waals surface area contributed by atoms with E-state index in [1.807, 2.05) is 0 Å². The average Bonchev–Trinajstić information content (AvgIpc) is 2.85. The number of fused-ring (bicyclic) bond motifs is 5. The van der Waals surface area contributed by atoms with Gasteiger partial charge in [0, 0.05) is 35.6 Å². The molecule has 0 radical (unpaired) electrons. The summed E-state index contributed by atoms with van der Waals surface area (Å²) in [5.74, 6) is 1.30. The van der Waals surface area contributed by atoms with Gasteiger partial charge in [0.25, 0.3) is 0 Å².